The van der Waals surface area contributed by atoms with Crippen molar-refractivity contribution >= 4 is 11.9 Å². The Hall–Kier alpha value is -2.04. The summed E-state index contributed by atoms with van der Waals surface area (Å²) in [6.07, 6.45) is 1.65. The number of hydrogen-bond donors (Lipinski definition) is 1. The largest absolute Gasteiger partial charge is 0.497 e. The van der Waals surface area contributed by atoms with Gasteiger partial charge in [0.25, 0.3) is 0 Å². The summed E-state index contributed by atoms with van der Waals surface area (Å²) in [6.45, 7) is 2.52. The van der Waals surface area contributed by atoms with E-state index in [1.807, 2.05) is 31.2 Å². The number of carbonyl (C=O) groups is 2. The molecule has 1 N–H and O–H groups in total. The molecule has 0 saturated carbocycles. The van der Waals surface area contributed by atoms with Crippen LogP contribution in [0.15, 0.2) is 24.3 Å². The van der Waals surface area contributed by atoms with Crippen molar-refractivity contribution in [3.05, 3.63) is 29.8 Å². The van der Waals surface area contributed by atoms with Gasteiger partial charge in [-0.1, -0.05) is 19.1 Å². The molecular formula is C16H21NO4. The lowest BCUT2D eigenvalue weighted by molar-refractivity contribution is -0.148. The molecule has 5 heteroatoms. The number of likely N-dealkylation sites (tertiary alicyclic amines) is 1. The van der Waals surface area contributed by atoms with E-state index in [2.05, 4.69) is 0 Å². The first-order chi connectivity index (χ1) is 10.0. The maximum Gasteiger partial charge on any atom is 0.326 e. The van der Waals surface area contributed by atoms with Crippen LogP contribution < -0.4 is 4.74 Å². The second kappa shape index (κ2) is 6.61. The zero-order valence-corrected chi connectivity index (χ0v) is 12.4. The fourth-order valence-electron chi connectivity index (χ4n) is 2.75. The number of amides is 1. The third-order valence-corrected chi connectivity index (χ3v) is 4.02. The van der Waals surface area contributed by atoms with E-state index in [1.165, 1.54) is 4.90 Å². The van der Waals surface area contributed by atoms with Gasteiger partial charge < -0.3 is 14.7 Å². The monoisotopic (exact) mass is 291 g/mol. The molecule has 114 valence electrons. The van der Waals surface area contributed by atoms with E-state index in [0.29, 0.717) is 19.4 Å². The lowest BCUT2D eigenvalue weighted by atomic mass is 9.97. The second-order valence-electron chi connectivity index (χ2n) is 5.46. The summed E-state index contributed by atoms with van der Waals surface area (Å²) in [4.78, 5) is 24.9. The molecule has 1 heterocycles. The van der Waals surface area contributed by atoms with Crippen LogP contribution in [-0.2, 0) is 9.59 Å². The molecule has 2 atom stereocenters. The standard InChI is InChI=1S/C16H21NO4/c1-11(12-5-7-13(21-2)8-6-12)10-15(18)17-9-3-4-14(17)16(19)20/h5-8,11,14H,3-4,9-10H2,1-2H3,(H,19,20)/t11?,14-/m0/s1. The van der Waals surface area contributed by atoms with E-state index in [4.69, 9.17) is 9.84 Å². The predicted molar refractivity (Wildman–Crippen MR) is 78.4 cm³/mol. The third kappa shape index (κ3) is 3.54. The summed E-state index contributed by atoms with van der Waals surface area (Å²) in [5, 5.41) is 9.13. The van der Waals surface area contributed by atoms with Crippen LogP contribution >= 0.6 is 0 Å². The van der Waals surface area contributed by atoms with Gasteiger partial charge in [-0.05, 0) is 36.5 Å². The highest BCUT2D eigenvalue weighted by atomic mass is 16.5. The Balaban J connectivity index is 1.99. The number of carbonyl (C=O) groups excluding carboxylic acids is 1. The number of hydrogen-bond acceptors (Lipinski definition) is 3. The molecule has 1 fully saturated rings. The van der Waals surface area contributed by atoms with E-state index < -0.39 is 12.0 Å². The van der Waals surface area contributed by atoms with Crippen molar-refractivity contribution in [3.63, 3.8) is 0 Å². The Labute approximate surface area is 124 Å². The molecule has 5 nitrogen and oxygen atoms in total. The van der Waals surface area contributed by atoms with Gasteiger partial charge in [0.2, 0.25) is 5.91 Å². The van der Waals surface area contributed by atoms with Crippen LogP contribution in [0.5, 0.6) is 5.75 Å². The number of methoxy groups -OCH3 is 1. The Morgan fingerprint density at radius 2 is 2.05 bits per heavy atom. The minimum absolute atomic E-state index is 0.0541. The van der Waals surface area contributed by atoms with Gasteiger partial charge in [-0.3, -0.25) is 4.79 Å². The SMILES string of the molecule is COc1ccc(C(C)CC(=O)N2CCC[C@H]2C(=O)O)cc1. The van der Waals surface area contributed by atoms with Crippen molar-refractivity contribution in [2.75, 3.05) is 13.7 Å². The zero-order valence-electron chi connectivity index (χ0n) is 12.4. The Bertz CT molecular complexity index is 512. The molecule has 0 radical (unpaired) electrons. The topological polar surface area (TPSA) is 66.8 Å². The first-order valence-corrected chi connectivity index (χ1v) is 7.19. The van der Waals surface area contributed by atoms with E-state index in [9.17, 15) is 9.59 Å². The highest BCUT2D eigenvalue weighted by molar-refractivity contribution is 5.84. The second-order valence-corrected chi connectivity index (χ2v) is 5.46. The molecule has 1 aromatic rings. The zero-order chi connectivity index (χ0) is 15.4. The van der Waals surface area contributed by atoms with Crippen molar-refractivity contribution in [1.82, 2.24) is 4.90 Å². The average molecular weight is 291 g/mol. The number of aliphatic carboxylic acids is 1. The smallest absolute Gasteiger partial charge is 0.326 e. The molecule has 1 aromatic carbocycles. The van der Waals surface area contributed by atoms with Gasteiger partial charge in [0.15, 0.2) is 0 Å². The van der Waals surface area contributed by atoms with Crippen molar-refractivity contribution < 1.29 is 19.4 Å². The van der Waals surface area contributed by atoms with Gasteiger partial charge in [-0.25, -0.2) is 4.79 Å². The number of benzene rings is 1. The fraction of sp³-hybridized carbons (Fsp3) is 0.500. The minimum atomic E-state index is -0.905. The van der Waals surface area contributed by atoms with Crippen LogP contribution in [0.25, 0.3) is 0 Å². The number of rotatable bonds is 5. The van der Waals surface area contributed by atoms with Crippen molar-refractivity contribution in [2.45, 2.75) is 38.1 Å². The van der Waals surface area contributed by atoms with Gasteiger partial charge in [-0.15, -0.1) is 0 Å². The minimum Gasteiger partial charge on any atom is -0.497 e. The van der Waals surface area contributed by atoms with Crippen molar-refractivity contribution in [1.29, 1.82) is 0 Å². The van der Waals surface area contributed by atoms with Crippen LogP contribution in [0.4, 0.5) is 0 Å². The van der Waals surface area contributed by atoms with Crippen LogP contribution in [0.2, 0.25) is 0 Å². The number of carboxylic acid groups (broad SMARTS) is 1. The lowest BCUT2D eigenvalue weighted by Gasteiger charge is -2.23. The summed E-state index contributed by atoms with van der Waals surface area (Å²) >= 11 is 0. The maximum atomic E-state index is 12.3. The van der Waals surface area contributed by atoms with E-state index in [1.54, 1.807) is 7.11 Å². The molecule has 1 aliphatic heterocycles. The maximum absolute atomic E-state index is 12.3. The number of ether oxygens (including phenoxy) is 1. The summed E-state index contributed by atoms with van der Waals surface area (Å²) in [5.74, 6) is -0.151. The van der Waals surface area contributed by atoms with E-state index in [-0.39, 0.29) is 11.8 Å². The summed E-state index contributed by atoms with van der Waals surface area (Å²) in [6, 6.07) is 6.96. The molecule has 0 bridgehead atoms. The normalized spacial score (nSPS) is 19.3. The number of nitrogens with zero attached hydrogens (tertiary/aromatic N) is 1. The lowest BCUT2D eigenvalue weighted by Crippen LogP contribution is -2.40. The highest BCUT2D eigenvalue weighted by Gasteiger charge is 2.34. The molecule has 1 saturated heterocycles. The first kappa shape index (κ1) is 15.4. The summed E-state index contributed by atoms with van der Waals surface area (Å²) < 4.78 is 5.11. The van der Waals surface area contributed by atoms with Crippen molar-refractivity contribution in [2.24, 2.45) is 0 Å². The summed E-state index contributed by atoms with van der Waals surface area (Å²) in [5.41, 5.74) is 1.05. The van der Waals surface area contributed by atoms with Crippen LogP contribution in [-0.4, -0.2) is 41.6 Å². The molecule has 2 rings (SSSR count). The molecule has 0 aliphatic carbocycles. The quantitative estimate of drug-likeness (QED) is 0.903. The van der Waals surface area contributed by atoms with Crippen LogP contribution in [0, 0.1) is 0 Å². The molecule has 21 heavy (non-hydrogen) atoms. The molecule has 1 aliphatic rings. The van der Waals surface area contributed by atoms with E-state index in [0.717, 1.165) is 17.7 Å². The Morgan fingerprint density at radius 3 is 2.62 bits per heavy atom. The fourth-order valence-corrected chi connectivity index (χ4v) is 2.75. The predicted octanol–water partition coefficient (Wildman–Crippen LogP) is 2.26. The van der Waals surface area contributed by atoms with Gasteiger partial charge in [-0.2, -0.15) is 0 Å². The molecule has 0 spiro atoms. The Kier molecular flexibility index (Phi) is 4.83. The van der Waals surface area contributed by atoms with Gasteiger partial charge in [0, 0.05) is 13.0 Å². The number of carboxylic acids is 1. The van der Waals surface area contributed by atoms with Crippen LogP contribution in [0.1, 0.15) is 37.7 Å². The van der Waals surface area contributed by atoms with Crippen molar-refractivity contribution in [3.8, 4) is 5.75 Å². The molecule has 1 unspecified atom stereocenters. The van der Waals surface area contributed by atoms with Gasteiger partial charge >= 0.3 is 5.97 Å². The molecule has 0 aromatic heterocycles. The van der Waals surface area contributed by atoms with Gasteiger partial charge in [0.05, 0.1) is 7.11 Å². The molecule has 1 amide bonds. The van der Waals surface area contributed by atoms with E-state index >= 15 is 0 Å². The summed E-state index contributed by atoms with van der Waals surface area (Å²) in [7, 11) is 1.61. The third-order valence-electron chi connectivity index (χ3n) is 4.02. The highest BCUT2D eigenvalue weighted by Crippen LogP contribution is 2.25. The van der Waals surface area contributed by atoms with Crippen LogP contribution in [0.3, 0.4) is 0 Å². The average Bonchev–Trinajstić information content (AvgIpc) is 2.97. The Morgan fingerprint density at radius 1 is 1.38 bits per heavy atom. The molecular weight excluding hydrogens is 270 g/mol. The van der Waals surface area contributed by atoms with Gasteiger partial charge in [0.1, 0.15) is 11.8 Å². The first-order valence-electron chi connectivity index (χ1n) is 7.19.